The van der Waals surface area contributed by atoms with E-state index in [1.54, 1.807) is 54.6 Å². The van der Waals surface area contributed by atoms with Gasteiger partial charge >= 0.3 is 0 Å². The van der Waals surface area contributed by atoms with E-state index in [0.29, 0.717) is 69.2 Å². The Morgan fingerprint density at radius 2 is 0.595 bits per heavy atom. The maximum atomic E-state index is 14.1. The first kappa shape index (κ1) is 57.7. The fourth-order valence-corrected chi connectivity index (χ4v) is 10.9. The molecule has 7 aromatic rings. The molecular formula is C63H66N12O9. The molecule has 7 aromatic carbocycles. The molecule has 0 unspecified atom stereocenters. The third-order valence-electron chi connectivity index (χ3n) is 15.2. The van der Waals surface area contributed by atoms with Crippen molar-refractivity contribution in [2.45, 2.75) is 0 Å². The molecular weight excluding hydrogens is 1070 g/mol. The third-order valence-corrected chi connectivity index (χ3v) is 15.2. The summed E-state index contributed by atoms with van der Waals surface area (Å²) in [7, 11) is 11.8. The predicted molar refractivity (Wildman–Crippen MR) is 323 cm³/mol. The Balaban J connectivity index is 0.843. The fourth-order valence-electron chi connectivity index (χ4n) is 10.9. The monoisotopic (exact) mass is 1130 g/mol. The van der Waals surface area contributed by atoms with Crippen LogP contribution in [-0.4, -0.2) is 203 Å². The third kappa shape index (κ3) is 11.5. The molecule has 0 atom stereocenters. The normalized spacial score (nSPS) is 13.8. The van der Waals surface area contributed by atoms with Crippen LogP contribution in [0.25, 0.3) is 32.3 Å². The highest BCUT2D eigenvalue weighted by molar-refractivity contribution is 6.29. The summed E-state index contributed by atoms with van der Waals surface area (Å²) in [6, 6.07) is 30.1. The van der Waals surface area contributed by atoms with Crippen molar-refractivity contribution in [1.29, 1.82) is 0 Å². The lowest BCUT2D eigenvalue weighted by Gasteiger charge is -2.28. The standard InChI is InChI=1S/C63H66N12O9/c1-70(2)28-22-64-49-19-16-46-52-40(49)10-7-13-43(52)58(79)73(61(46)82)31-25-67-55(76)37-34-38(56(77)68-26-32-74-59(80)44-14-8-11-41-50(65-23-29-71(3)4)20-17-47(53(41)44)62(74)83)36-39(35-37)57(78)69-27-33-75-60(81)45-15-9-12-42-51(66-24-30-72(5)6)21-18-48(54(42)45)63(75)84/h7-21,34-36,64-66H,22-33H2,1-6H3,(H,67,76)(H,68,77)(H,69,78). The van der Waals surface area contributed by atoms with Crippen LogP contribution in [0.15, 0.2) is 109 Å². The van der Waals surface area contributed by atoms with E-state index in [4.69, 9.17) is 0 Å². The SMILES string of the molecule is CN(C)CCNc1ccc2c3c(cccc13)C(=O)N(CCNC(=O)c1cc(C(=O)NCCN3C(=O)c4cccc5c(NCCN(C)C)ccc(c45)C3=O)cc(C(=O)NCCN3C(=O)c4cccc5c(NCCN(C)C)ccc(c45)C3=O)c1)C2=O. The Kier molecular flexibility index (Phi) is 16.8. The molecule has 21 heteroatoms. The van der Waals surface area contributed by atoms with Crippen molar-refractivity contribution >= 4 is 103 Å². The summed E-state index contributed by atoms with van der Waals surface area (Å²) in [5.74, 6) is -5.43. The number of hydrogen-bond donors (Lipinski definition) is 6. The molecule has 0 saturated heterocycles. The average molecular weight is 1140 g/mol. The summed E-state index contributed by atoms with van der Waals surface area (Å²) < 4.78 is 0. The maximum Gasteiger partial charge on any atom is 0.261 e. The molecule has 9 amide bonds. The maximum absolute atomic E-state index is 14.1. The number of hydrogen-bond acceptors (Lipinski definition) is 15. The Hall–Kier alpha value is -9.57. The molecule has 432 valence electrons. The van der Waals surface area contributed by atoms with Crippen LogP contribution in [0.4, 0.5) is 17.1 Å². The van der Waals surface area contributed by atoms with Gasteiger partial charge in [0.15, 0.2) is 0 Å². The molecule has 0 radical (unpaired) electrons. The van der Waals surface area contributed by atoms with Crippen molar-refractivity contribution in [2.75, 3.05) is 137 Å². The van der Waals surface area contributed by atoms with Gasteiger partial charge in [-0.3, -0.25) is 57.9 Å². The largest absolute Gasteiger partial charge is 0.383 e. The highest BCUT2D eigenvalue weighted by Gasteiger charge is 2.36. The molecule has 3 aliphatic heterocycles. The first-order valence-electron chi connectivity index (χ1n) is 27.8. The Morgan fingerprint density at radius 3 is 0.845 bits per heavy atom. The van der Waals surface area contributed by atoms with Gasteiger partial charge < -0.3 is 46.6 Å². The number of carbonyl (C=O) groups excluding carboxylic acids is 9. The molecule has 3 heterocycles. The highest BCUT2D eigenvalue weighted by atomic mass is 16.2. The van der Waals surface area contributed by atoms with E-state index >= 15 is 0 Å². The van der Waals surface area contributed by atoms with E-state index < -0.39 is 53.2 Å². The zero-order chi connectivity index (χ0) is 59.5. The molecule has 0 aliphatic carbocycles. The van der Waals surface area contributed by atoms with Crippen molar-refractivity contribution in [2.24, 2.45) is 0 Å². The quantitative estimate of drug-likeness (QED) is 0.0429. The summed E-state index contributed by atoms with van der Waals surface area (Å²) in [6.45, 7) is 2.99. The van der Waals surface area contributed by atoms with Gasteiger partial charge in [0.25, 0.3) is 53.2 Å². The molecule has 21 nitrogen and oxygen atoms in total. The van der Waals surface area contributed by atoms with Gasteiger partial charge in [-0.2, -0.15) is 0 Å². The van der Waals surface area contributed by atoms with Crippen LogP contribution in [-0.2, 0) is 0 Å². The lowest BCUT2D eigenvalue weighted by atomic mass is 9.93. The van der Waals surface area contributed by atoms with Crippen molar-refractivity contribution in [3.8, 4) is 0 Å². The molecule has 0 aromatic heterocycles. The van der Waals surface area contributed by atoms with E-state index in [1.165, 1.54) is 18.2 Å². The number of likely N-dealkylation sites (N-methyl/N-ethyl adjacent to an activating group) is 3. The zero-order valence-corrected chi connectivity index (χ0v) is 47.7. The number of nitrogens with zero attached hydrogens (tertiary/aromatic N) is 6. The number of nitrogens with one attached hydrogen (secondary N) is 6. The van der Waals surface area contributed by atoms with Crippen molar-refractivity contribution in [1.82, 2.24) is 45.3 Å². The molecule has 6 N–H and O–H groups in total. The first-order valence-corrected chi connectivity index (χ1v) is 27.8. The van der Waals surface area contributed by atoms with Crippen LogP contribution < -0.4 is 31.9 Å². The number of benzene rings is 7. The summed E-state index contributed by atoms with van der Waals surface area (Å²) in [5, 5.41) is 22.2. The average Bonchev–Trinajstić information content (AvgIpc) is 1.99. The van der Waals surface area contributed by atoms with Gasteiger partial charge in [-0.15, -0.1) is 0 Å². The van der Waals surface area contributed by atoms with Gasteiger partial charge in [0.1, 0.15) is 0 Å². The second kappa shape index (κ2) is 24.5. The van der Waals surface area contributed by atoms with Crippen LogP contribution in [0.2, 0.25) is 0 Å². The van der Waals surface area contributed by atoms with E-state index in [-0.39, 0.29) is 56.0 Å². The summed E-state index contributed by atoms with van der Waals surface area (Å²) in [5.41, 5.74) is 3.98. The lowest BCUT2D eigenvalue weighted by Crippen LogP contribution is -2.45. The van der Waals surface area contributed by atoms with Gasteiger partial charge in [0, 0.05) is 178 Å². The molecule has 0 spiro atoms. The fraction of sp³-hybridized carbons (Fsp3) is 0.286. The molecule has 10 rings (SSSR count). The highest BCUT2D eigenvalue weighted by Crippen LogP contribution is 2.37. The van der Waals surface area contributed by atoms with E-state index in [9.17, 15) is 43.2 Å². The predicted octanol–water partition coefficient (Wildman–Crippen LogP) is 5.14. The Labute approximate surface area is 485 Å². The second-order valence-corrected chi connectivity index (χ2v) is 21.7. The van der Waals surface area contributed by atoms with Gasteiger partial charge in [-0.05, 0) is 115 Å². The Morgan fingerprint density at radius 1 is 0.345 bits per heavy atom. The Bertz CT molecular complexity index is 3410. The molecule has 84 heavy (non-hydrogen) atoms. The van der Waals surface area contributed by atoms with Gasteiger partial charge in [0.05, 0.1) is 0 Å². The second-order valence-electron chi connectivity index (χ2n) is 21.7. The van der Waals surface area contributed by atoms with Crippen molar-refractivity contribution in [3.05, 3.63) is 159 Å². The number of amides is 9. The molecule has 3 aliphatic rings. The van der Waals surface area contributed by atoms with Gasteiger partial charge in [0.2, 0.25) is 0 Å². The molecule has 0 bridgehead atoms. The number of carbonyl (C=O) groups is 9. The van der Waals surface area contributed by atoms with E-state index in [0.717, 1.165) is 67.6 Å². The number of anilines is 3. The topological polar surface area (TPSA) is 245 Å². The van der Waals surface area contributed by atoms with Crippen LogP contribution >= 0.6 is 0 Å². The van der Waals surface area contributed by atoms with Crippen LogP contribution in [0.1, 0.15) is 93.2 Å². The minimum absolute atomic E-state index is 0.128. The smallest absolute Gasteiger partial charge is 0.261 e. The summed E-state index contributed by atoms with van der Waals surface area (Å²) >= 11 is 0. The lowest BCUT2D eigenvalue weighted by molar-refractivity contribution is 0.0594. The zero-order valence-electron chi connectivity index (χ0n) is 47.7. The van der Waals surface area contributed by atoms with Crippen LogP contribution in [0.3, 0.4) is 0 Å². The number of imide groups is 3. The summed E-state index contributed by atoms with van der Waals surface area (Å²) in [4.78, 5) is 135. The molecule has 0 fully saturated rings. The van der Waals surface area contributed by atoms with Crippen molar-refractivity contribution < 1.29 is 43.2 Å². The van der Waals surface area contributed by atoms with Crippen LogP contribution in [0, 0.1) is 0 Å². The van der Waals surface area contributed by atoms with Crippen LogP contribution in [0.5, 0.6) is 0 Å². The van der Waals surface area contributed by atoms with E-state index in [2.05, 4.69) is 31.9 Å². The molecule has 0 saturated carbocycles. The minimum Gasteiger partial charge on any atom is -0.383 e. The van der Waals surface area contributed by atoms with Gasteiger partial charge in [-0.25, -0.2) is 0 Å². The van der Waals surface area contributed by atoms with E-state index in [1.807, 2.05) is 93.4 Å². The number of rotatable bonds is 24. The van der Waals surface area contributed by atoms with Crippen molar-refractivity contribution in [3.63, 3.8) is 0 Å². The first-order chi connectivity index (χ1) is 40.4. The summed E-state index contributed by atoms with van der Waals surface area (Å²) in [6.07, 6.45) is 0. The van der Waals surface area contributed by atoms with Gasteiger partial charge in [-0.1, -0.05) is 36.4 Å². The minimum atomic E-state index is -0.742.